The second kappa shape index (κ2) is 6.14. The number of benzene rings is 1. The van der Waals surface area contributed by atoms with Gasteiger partial charge in [0.2, 0.25) is 5.88 Å². The number of aryl methyl sites for hydroxylation is 1. The molecular weight excluding hydrogens is 286 g/mol. The van der Waals surface area contributed by atoms with Crippen LogP contribution in [0.3, 0.4) is 0 Å². The number of nitrogens with zero attached hydrogens (tertiary/aromatic N) is 1. The van der Waals surface area contributed by atoms with E-state index in [0.29, 0.717) is 17.2 Å². The first kappa shape index (κ1) is 15.3. The maximum Gasteiger partial charge on any atom is 0.230 e. The van der Waals surface area contributed by atoms with Crippen molar-refractivity contribution in [2.75, 3.05) is 0 Å². The van der Waals surface area contributed by atoms with Crippen molar-refractivity contribution in [2.24, 2.45) is 5.73 Å². The van der Waals surface area contributed by atoms with Crippen molar-refractivity contribution in [3.63, 3.8) is 0 Å². The lowest BCUT2D eigenvalue weighted by atomic mass is 10.0. The highest BCUT2D eigenvalue weighted by Crippen LogP contribution is 2.34. The average Bonchev–Trinajstić information content (AvgIpc) is 2.41. The van der Waals surface area contributed by atoms with E-state index in [1.165, 1.54) is 0 Å². The second-order valence-corrected chi connectivity index (χ2v) is 5.57. The molecule has 3 N–H and O–H groups in total. The molecule has 0 fully saturated rings. The fraction of sp³-hybridized carbons (Fsp3) is 0.250. The lowest BCUT2D eigenvalue weighted by molar-refractivity contribution is 0.457. The van der Waals surface area contributed by atoms with Crippen molar-refractivity contribution in [1.29, 1.82) is 5.41 Å². The first-order valence-electron chi connectivity index (χ1n) is 6.67. The number of amidine groups is 1. The number of nitrogens with one attached hydrogen (secondary N) is 1. The first-order chi connectivity index (χ1) is 9.90. The molecule has 1 aromatic heterocycles. The number of hydrogen-bond acceptors (Lipinski definition) is 3. The van der Waals surface area contributed by atoms with Crippen LogP contribution in [0, 0.1) is 12.3 Å². The normalized spacial score (nSPS) is 10.7. The number of nitrogen functional groups attached to an aromatic ring is 1. The van der Waals surface area contributed by atoms with E-state index in [0.717, 1.165) is 16.1 Å². The number of nitrogens with two attached hydrogens (primary N) is 1. The van der Waals surface area contributed by atoms with Crippen molar-refractivity contribution in [1.82, 2.24) is 4.98 Å². The molecule has 0 aliphatic rings. The summed E-state index contributed by atoms with van der Waals surface area (Å²) in [7, 11) is 0. The van der Waals surface area contributed by atoms with Crippen molar-refractivity contribution in [2.45, 2.75) is 26.7 Å². The third-order valence-electron chi connectivity index (χ3n) is 3.18. The van der Waals surface area contributed by atoms with Gasteiger partial charge in [0.25, 0.3) is 0 Å². The largest absolute Gasteiger partial charge is 0.438 e. The lowest BCUT2D eigenvalue weighted by Gasteiger charge is -2.15. The average molecular weight is 304 g/mol. The fourth-order valence-electron chi connectivity index (χ4n) is 2.00. The van der Waals surface area contributed by atoms with Gasteiger partial charge >= 0.3 is 0 Å². The van der Waals surface area contributed by atoms with Crippen LogP contribution in [-0.4, -0.2) is 10.8 Å². The van der Waals surface area contributed by atoms with Gasteiger partial charge in [-0.2, -0.15) is 0 Å². The summed E-state index contributed by atoms with van der Waals surface area (Å²) in [6, 6.07) is 7.22. The molecule has 0 amide bonds. The van der Waals surface area contributed by atoms with Gasteiger partial charge in [0.1, 0.15) is 11.6 Å². The first-order valence-corrected chi connectivity index (χ1v) is 7.05. The van der Waals surface area contributed by atoms with Gasteiger partial charge in [-0.3, -0.25) is 5.41 Å². The van der Waals surface area contributed by atoms with E-state index in [1.807, 2.05) is 19.1 Å². The smallest absolute Gasteiger partial charge is 0.230 e. The molecule has 0 atom stereocenters. The monoisotopic (exact) mass is 303 g/mol. The van der Waals surface area contributed by atoms with Crippen LogP contribution >= 0.6 is 11.6 Å². The molecule has 5 heteroatoms. The van der Waals surface area contributed by atoms with Crippen LogP contribution < -0.4 is 10.5 Å². The summed E-state index contributed by atoms with van der Waals surface area (Å²) in [5, 5.41) is 8.30. The molecular formula is C16H18ClN3O. The van der Waals surface area contributed by atoms with E-state index in [1.54, 1.807) is 18.3 Å². The molecule has 0 bridgehead atoms. The summed E-state index contributed by atoms with van der Waals surface area (Å²) in [6.07, 6.45) is 1.61. The molecule has 110 valence electrons. The highest BCUT2D eigenvalue weighted by Gasteiger charge is 2.14. The minimum atomic E-state index is -0.0752. The van der Waals surface area contributed by atoms with Crippen LogP contribution in [0.25, 0.3) is 0 Å². The van der Waals surface area contributed by atoms with Gasteiger partial charge in [-0.05, 0) is 48.2 Å². The zero-order valence-corrected chi connectivity index (χ0v) is 13.0. The molecule has 0 aliphatic heterocycles. The Kier molecular flexibility index (Phi) is 4.48. The maximum absolute atomic E-state index is 7.58. The molecule has 2 rings (SSSR count). The zero-order chi connectivity index (χ0) is 15.6. The molecule has 21 heavy (non-hydrogen) atoms. The lowest BCUT2D eigenvalue weighted by Crippen LogP contribution is -2.13. The highest BCUT2D eigenvalue weighted by atomic mass is 35.5. The van der Waals surface area contributed by atoms with Crippen molar-refractivity contribution < 1.29 is 4.74 Å². The van der Waals surface area contributed by atoms with E-state index >= 15 is 0 Å². The van der Waals surface area contributed by atoms with Crippen LogP contribution in [0.15, 0.2) is 30.5 Å². The van der Waals surface area contributed by atoms with E-state index < -0.39 is 0 Å². The number of halogens is 1. The Labute approximate surface area is 129 Å². The van der Waals surface area contributed by atoms with E-state index in [2.05, 4.69) is 18.8 Å². The van der Waals surface area contributed by atoms with Crippen LogP contribution in [0.4, 0.5) is 0 Å². The summed E-state index contributed by atoms with van der Waals surface area (Å²) in [5.74, 6) is 1.21. The Morgan fingerprint density at radius 3 is 2.71 bits per heavy atom. The number of hydrogen-bond donors (Lipinski definition) is 2. The summed E-state index contributed by atoms with van der Waals surface area (Å²) < 4.78 is 5.86. The second-order valence-electron chi connectivity index (χ2n) is 5.17. The molecule has 0 saturated heterocycles. The topological polar surface area (TPSA) is 72.0 Å². The molecule has 2 aromatic rings. The number of pyridine rings is 1. The Balaban J connectivity index is 2.45. The molecule has 1 aromatic carbocycles. The van der Waals surface area contributed by atoms with Gasteiger partial charge in [0.15, 0.2) is 0 Å². The standard InChI is InChI=1S/C16H18ClN3O/c1-9(2)12-8-14(10(3)7-13(12)17)21-16-11(15(18)19)5-4-6-20-16/h4-9H,1-3H3,(H3,18,19). The minimum Gasteiger partial charge on any atom is -0.438 e. The third-order valence-corrected chi connectivity index (χ3v) is 3.51. The molecule has 1 heterocycles. The number of rotatable bonds is 4. The van der Waals surface area contributed by atoms with Gasteiger partial charge in [-0.25, -0.2) is 4.98 Å². The van der Waals surface area contributed by atoms with E-state index in [-0.39, 0.29) is 11.8 Å². The summed E-state index contributed by atoms with van der Waals surface area (Å²) >= 11 is 6.26. The van der Waals surface area contributed by atoms with Crippen LogP contribution in [-0.2, 0) is 0 Å². The van der Waals surface area contributed by atoms with Crippen LogP contribution in [0.2, 0.25) is 5.02 Å². The van der Waals surface area contributed by atoms with Crippen LogP contribution in [0.1, 0.15) is 36.5 Å². The van der Waals surface area contributed by atoms with Crippen molar-refractivity contribution in [3.8, 4) is 11.6 Å². The maximum atomic E-state index is 7.58. The highest BCUT2D eigenvalue weighted by molar-refractivity contribution is 6.31. The molecule has 0 unspecified atom stereocenters. The summed E-state index contributed by atoms with van der Waals surface area (Å²) in [6.45, 7) is 6.06. The van der Waals surface area contributed by atoms with E-state index in [4.69, 9.17) is 27.5 Å². The molecule has 0 radical (unpaired) electrons. The predicted octanol–water partition coefficient (Wildman–Crippen LogP) is 4.24. The van der Waals surface area contributed by atoms with Gasteiger partial charge in [0, 0.05) is 11.2 Å². The Bertz CT molecular complexity index is 683. The zero-order valence-electron chi connectivity index (χ0n) is 12.3. The fourth-order valence-corrected chi connectivity index (χ4v) is 2.44. The molecule has 0 saturated carbocycles. The van der Waals surface area contributed by atoms with Crippen molar-refractivity contribution in [3.05, 3.63) is 52.2 Å². The van der Waals surface area contributed by atoms with Crippen molar-refractivity contribution >= 4 is 17.4 Å². The summed E-state index contributed by atoms with van der Waals surface area (Å²) in [5.41, 5.74) is 7.94. The van der Waals surface area contributed by atoms with Gasteiger partial charge < -0.3 is 10.5 Å². The molecule has 0 spiro atoms. The quantitative estimate of drug-likeness (QED) is 0.655. The molecule has 4 nitrogen and oxygen atoms in total. The Morgan fingerprint density at radius 1 is 1.38 bits per heavy atom. The summed E-state index contributed by atoms with van der Waals surface area (Å²) in [4.78, 5) is 4.16. The number of aromatic nitrogens is 1. The molecule has 0 aliphatic carbocycles. The predicted molar refractivity (Wildman–Crippen MR) is 85.6 cm³/mol. The van der Waals surface area contributed by atoms with Crippen LogP contribution in [0.5, 0.6) is 11.6 Å². The number of ether oxygens (including phenoxy) is 1. The van der Waals surface area contributed by atoms with Gasteiger partial charge in [0.05, 0.1) is 5.56 Å². The minimum absolute atomic E-state index is 0.0752. The van der Waals surface area contributed by atoms with Gasteiger partial charge in [-0.15, -0.1) is 0 Å². The Morgan fingerprint density at radius 2 is 2.10 bits per heavy atom. The third kappa shape index (κ3) is 3.34. The SMILES string of the molecule is Cc1cc(Cl)c(C(C)C)cc1Oc1ncccc1C(=N)N. The van der Waals surface area contributed by atoms with Gasteiger partial charge in [-0.1, -0.05) is 25.4 Å². The Hall–Kier alpha value is -2.07. The van der Waals surface area contributed by atoms with E-state index in [9.17, 15) is 0 Å².